The van der Waals surface area contributed by atoms with Gasteiger partial charge in [-0.05, 0) is 6.04 Å². The van der Waals surface area contributed by atoms with Crippen molar-refractivity contribution in [3.8, 4) is 0 Å². The van der Waals surface area contributed by atoms with Gasteiger partial charge in [-0.3, -0.25) is 4.84 Å². The summed E-state index contributed by atoms with van der Waals surface area (Å²) < 4.78 is 7.90. The second kappa shape index (κ2) is 8.02. The molecule has 4 heterocycles. The Morgan fingerprint density at radius 3 is 2.97 bits per heavy atom. The van der Waals surface area contributed by atoms with Crippen LogP contribution in [-0.2, 0) is 16.3 Å². The SMILES string of the molecule is C=CCON1C(=O)N2C[C@H]1c1scnc1[C@H]2c1nccn1COCC[Si](C)(C)C. The first-order valence-corrected chi connectivity index (χ1v) is 14.3. The van der Waals surface area contributed by atoms with E-state index in [4.69, 9.17) is 9.57 Å². The number of imidazole rings is 1. The number of aromatic nitrogens is 3. The Hall–Kier alpha value is -2.01. The minimum atomic E-state index is -1.14. The molecule has 2 amide bonds. The number of carbonyl (C=O) groups excluding carboxylic acids is 1. The van der Waals surface area contributed by atoms with Gasteiger partial charge in [0.25, 0.3) is 0 Å². The smallest absolute Gasteiger partial charge is 0.345 e. The molecule has 2 atom stereocenters. The summed E-state index contributed by atoms with van der Waals surface area (Å²) in [6, 6.07) is 0.463. The van der Waals surface area contributed by atoms with Gasteiger partial charge in [0, 0.05) is 27.1 Å². The second-order valence-corrected chi connectivity index (χ2v) is 15.0. The van der Waals surface area contributed by atoms with Crippen molar-refractivity contribution in [1.29, 1.82) is 0 Å². The van der Waals surface area contributed by atoms with Crippen LogP contribution < -0.4 is 0 Å². The van der Waals surface area contributed by atoms with Gasteiger partial charge in [0.05, 0.1) is 29.2 Å². The van der Waals surface area contributed by atoms with Crippen LogP contribution in [0.2, 0.25) is 25.7 Å². The van der Waals surface area contributed by atoms with E-state index in [1.807, 2.05) is 16.3 Å². The highest BCUT2D eigenvalue weighted by atomic mass is 32.1. The first-order valence-electron chi connectivity index (χ1n) is 9.76. The van der Waals surface area contributed by atoms with Crippen LogP contribution >= 0.6 is 11.3 Å². The molecule has 0 saturated carbocycles. The van der Waals surface area contributed by atoms with E-state index >= 15 is 0 Å². The van der Waals surface area contributed by atoms with Gasteiger partial charge >= 0.3 is 6.03 Å². The van der Waals surface area contributed by atoms with E-state index in [-0.39, 0.29) is 24.7 Å². The highest BCUT2D eigenvalue weighted by molar-refractivity contribution is 7.09. The molecule has 0 aliphatic carbocycles. The summed E-state index contributed by atoms with van der Waals surface area (Å²) in [5.41, 5.74) is 2.70. The maximum absolute atomic E-state index is 13.1. The molecule has 0 N–H and O–H groups in total. The Bertz CT molecular complexity index is 893. The second-order valence-electron chi connectivity index (χ2n) is 8.47. The summed E-state index contributed by atoms with van der Waals surface area (Å²) >= 11 is 1.55. The summed E-state index contributed by atoms with van der Waals surface area (Å²) in [5, 5.41) is 1.45. The normalized spacial score (nSPS) is 21.0. The number of amides is 2. The van der Waals surface area contributed by atoms with Crippen LogP contribution in [0.4, 0.5) is 4.79 Å². The Labute approximate surface area is 175 Å². The third-order valence-corrected chi connectivity index (χ3v) is 7.78. The van der Waals surface area contributed by atoms with E-state index in [1.165, 1.54) is 5.06 Å². The standard InChI is InChI=1S/C19H27N5O3SSi/c1-5-8-27-24-14-11-23(19(24)25)16(15-17(14)28-12-21-15)18-20-6-7-22(18)13-26-9-10-29(2,3)4/h5-7,12,14,16H,1,8-11,13H2,2-4H3/t14-,16-/m0/s1. The Morgan fingerprint density at radius 1 is 1.38 bits per heavy atom. The fourth-order valence-corrected chi connectivity index (χ4v) is 5.28. The summed E-state index contributed by atoms with van der Waals surface area (Å²) in [4.78, 5) is 30.7. The zero-order valence-electron chi connectivity index (χ0n) is 17.1. The molecule has 2 aliphatic heterocycles. The lowest BCUT2D eigenvalue weighted by Crippen LogP contribution is -2.36. The molecule has 156 valence electrons. The van der Waals surface area contributed by atoms with Crippen LogP contribution in [-0.4, -0.2) is 58.4 Å². The Kier molecular flexibility index (Phi) is 5.60. The molecule has 1 fully saturated rings. The van der Waals surface area contributed by atoms with Crippen molar-refractivity contribution >= 4 is 25.4 Å². The molecule has 0 radical (unpaired) electrons. The molecule has 8 nitrogen and oxygen atoms in total. The molecule has 2 aliphatic rings. The molecule has 2 aromatic heterocycles. The predicted molar refractivity (Wildman–Crippen MR) is 113 cm³/mol. The van der Waals surface area contributed by atoms with Crippen molar-refractivity contribution in [3.05, 3.63) is 47.0 Å². The average Bonchev–Trinajstić information content (AvgIpc) is 3.38. The van der Waals surface area contributed by atoms with Crippen molar-refractivity contribution in [2.45, 2.75) is 44.5 Å². The molecule has 0 aromatic carbocycles. The third kappa shape index (κ3) is 3.89. The zero-order chi connectivity index (χ0) is 20.6. The van der Waals surface area contributed by atoms with E-state index in [2.05, 4.69) is 36.2 Å². The van der Waals surface area contributed by atoms with E-state index in [1.54, 1.807) is 28.5 Å². The first kappa shape index (κ1) is 20.3. The molecule has 2 aromatic rings. The largest absolute Gasteiger partial charge is 0.361 e. The quantitative estimate of drug-likeness (QED) is 0.343. The zero-order valence-corrected chi connectivity index (χ0v) is 18.9. The Balaban J connectivity index is 1.57. The molecule has 2 bridgehead atoms. The fraction of sp³-hybridized carbons (Fsp3) is 0.526. The van der Waals surface area contributed by atoms with E-state index in [9.17, 15) is 4.79 Å². The molecule has 1 saturated heterocycles. The monoisotopic (exact) mass is 433 g/mol. The maximum atomic E-state index is 13.1. The van der Waals surface area contributed by atoms with Crippen molar-refractivity contribution < 1.29 is 14.4 Å². The number of thiazole rings is 1. The molecule has 10 heteroatoms. The van der Waals surface area contributed by atoms with E-state index in [0.717, 1.165) is 29.0 Å². The van der Waals surface area contributed by atoms with Gasteiger partial charge in [-0.25, -0.2) is 14.8 Å². The van der Waals surface area contributed by atoms with Gasteiger partial charge in [-0.15, -0.1) is 17.9 Å². The number of hydrogen-bond donors (Lipinski definition) is 0. The summed E-state index contributed by atoms with van der Waals surface area (Å²) in [6.07, 6.45) is 5.29. The third-order valence-electron chi connectivity index (χ3n) is 5.13. The maximum Gasteiger partial charge on any atom is 0.345 e. The topological polar surface area (TPSA) is 72.7 Å². The van der Waals surface area contributed by atoms with Crippen LogP contribution in [0.25, 0.3) is 0 Å². The molecule has 0 unspecified atom stereocenters. The number of hydroxylamine groups is 2. The molecule has 4 rings (SSSR count). The van der Waals surface area contributed by atoms with Crippen LogP contribution in [0.5, 0.6) is 0 Å². The number of nitrogens with zero attached hydrogens (tertiary/aromatic N) is 5. The van der Waals surface area contributed by atoms with Gasteiger partial charge in [0.2, 0.25) is 0 Å². The average molecular weight is 434 g/mol. The highest BCUT2D eigenvalue weighted by Gasteiger charge is 2.51. The van der Waals surface area contributed by atoms with Crippen LogP contribution in [0.15, 0.2) is 30.6 Å². The van der Waals surface area contributed by atoms with Gasteiger partial charge in [0.15, 0.2) is 0 Å². The lowest BCUT2D eigenvalue weighted by molar-refractivity contribution is -0.118. The minimum absolute atomic E-state index is 0.141. The number of carbonyl (C=O) groups is 1. The lowest BCUT2D eigenvalue weighted by atomic mass is 10.0. The van der Waals surface area contributed by atoms with Crippen molar-refractivity contribution in [3.63, 3.8) is 0 Å². The van der Waals surface area contributed by atoms with Gasteiger partial charge in [-0.2, -0.15) is 5.06 Å². The van der Waals surface area contributed by atoms with Crippen molar-refractivity contribution in [2.75, 3.05) is 19.8 Å². The molecule has 0 spiro atoms. The van der Waals surface area contributed by atoms with Crippen LogP contribution in [0, 0.1) is 0 Å². The number of hydrogen-bond acceptors (Lipinski definition) is 6. The number of fused-ring (bicyclic) bond motifs is 4. The van der Waals surface area contributed by atoms with Gasteiger partial charge in [0.1, 0.15) is 24.6 Å². The van der Waals surface area contributed by atoms with E-state index < -0.39 is 8.07 Å². The minimum Gasteiger partial charge on any atom is -0.361 e. The highest BCUT2D eigenvalue weighted by Crippen LogP contribution is 2.47. The van der Waals surface area contributed by atoms with Crippen molar-refractivity contribution in [1.82, 2.24) is 24.5 Å². The van der Waals surface area contributed by atoms with Crippen LogP contribution in [0.1, 0.15) is 28.5 Å². The fourth-order valence-electron chi connectivity index (χ4n) is 3.63. The lowest BCUT2D eigenvalue weighted by Gasteiger charge is -2.29. The number of rotatable bonds is 9. The number of ether oxygens (including phenoxy) is 1. The summed E-state index contributed by atoms with van der Waals surface area (Å²) in [5.74, 6) is 0.766. The first-order chi connectivity index (χ1) is 13.9. The van der Waals surface area contributed by atoms with Crippen LogP contribution in [0.3, 0.4) is 0 Å². The Morgan fingerprint density at radius 2 is 2.21 bits per heavy atom. The van der Waals surface area contributed by atoms with Gasteiger partial charge < -0.3 is 14.2 Å². The molecule has 29 heavy (non-hydrogen) atoms. The molecular weight excluding hydrogens is 406 g/mol. The summed E-state index contributed by atoms with van der Waals surface area (Å²) in [6.45, 7) is 12.7. The summed E-state index contributed by atoms with van der Waals surface area (Å²) in [7, 11) is -1.14. The number of urea groups is 1. The van der Waals surface area contributed by atoms with Crippen molar-refractivity contribution in [2.24, 2.45) is 0 Å². The molecular formula is C19H27N5O3SSi. The van der Waals surface area contributed by atoms with E-state index in [0.29, 0.717) is 13.3 Å². The van der Waals surface area contributed by atoms with Gasteiger partial charge in [-0.1, -0.05) is 25.7 Å². The predicted octanol–water partition coefficient (Wildman–Crippen LogP) is 3.65.